The van der Waals surface area contributed by atoms with Gasteiger partial charge in [0.1, 0.15) is 6.54 Å². The highest BCUT2D eigenvalue weighted by molar-refractivity contribution is 7.71. The van der Waals surface area contributed by atoms with Gasteiger partial charge in [0.2, 0.25) is 5.91 Å². The highest BCUT2D eigenvalue weighted by Gasteiger charge is 2.16. The Morgan fingerprint density at radius 1 is 1.17 bits per heavy atom. The molecule has 1 amide bonds. The van der Waals surface area contributed by atoms with Crippen LogP contribution in [0, 0.1) is 11.7 Å². The molecule has 1 aliphatic rings. The van der Waals surface area contributed by atoms with Crippen LogP contribution in [-0.4, -0.2) is 20.7 Å². The van der Waals surface area contributed by atoms with E-state index in [-0.39, 0.29) is 18.5 Å². The topological polar surface area (TPSA) is 62.7 Å². The van der Waals surface area contributed by atoms with E-state index in [1.807, 2.05) is 38.1 Å². The van der Waals surface area contributed by atoms with Gasteiger partial charge in [0.05, 0.1) is 6.04 Å². The minimum absolute atomic E-state index is 0.0568. The van der Waals surface area contributed by atoms with Gasteiger partial charge in [-0.05, 0) is 68.4 Å². The summed E-state index contributed by atoms with van der Waals surface area (Å²) in [5.74, 6) is 0.590. The average Bonchev–Trinajstić information content (AvgIpc) is 3.08. The van der Waals surface area contributed by atoms with E-state index in [1.165, 1.54) is 29.5 Å². The maximum absolute atomic E-state index is 12.8. The van der Waals surface area contributed by atoms with Crippen LogP contribution in [-0.2, 0) is 24.2 Å². The predicted molar refractivity (Wildman–Crippen MR) is 117 cm³/mol. The number of aryl methyl sites for hydroxylation is 3. The van der Waals surface area contributed by atoms with E-state index in [1.54, 1.807) is 4.57 Å². The lowest BCUT2D eigenvalue weighted by molar-refractivity contribution is -0.122. The Morgan fingerprint density at radius 3 is 2.66 bits per heavy atom. The number of hydrogen-bond donors (Lipinski definition) is 2. The second-order valence-electron chi connectivity index (χ2n) is 7.83. The van der Waals surface area contributed by atoms with E-state index < -0.39 is 0 Å². The van der Waals surface area contributed by atoms with Gasteiger partial charge in [-0.3, -0.25) is 14.5 Å². The van der Waals surface area contributed by atoms with Gasteiger partial charge in [0, 0.05) is 5.56 Å². The molecule has 2 N–H and O–H groups in total. The first-order chi connectivity index (χ1) is 14.0. The highest BCUT2D eigenvalue weighted by Crippen LogP contribution is 2.25. The zero-order chi connectivity index (χ0) is 20.4. The minimum Gasteiger partial charge on any atom is -0.348 e. The molecule has 0 saturated heterocycles. The maximum atomic E-state index is 12.8. The number of H-pyrrole nitrogens is 1. The highest BCUT2D eigenvalue weighted by atomic mass is 32.1. The van der Waals surface area contributed by atoms with Crippen LogP contribution in [0.4, 0.5) is 0 Å². The number of rotatable bonds is 5. The molecule has 0 saturated carbocycles. The quantitative estimate of drug-likeness (QED) is 0.605. The molecule has 1 heterocycles. The maximum Gasteiger partial charge on any atom is 0.240 e. The molecule has 29 heavy (non-hydrogen) atoms. The van der Waals surface area contributed by atoms with Crippen molar-refractivity contribution in [1.82, 2.24) is 20.1 Å². The number of fused-ring (bicyclic) bond motifs is 1. The van der Waals surface area contributed by atoms with Crippen molar-refractivity contribution >= 4 is 18.1 Å². The van der Waals surface area contributed by atoms with E-state index >= 15 is 0 Å². The van der Waals surface area contributed by atoms with Crippen molar-refractivity contribution in [3.05, 3.63) is 69.5 Å². The summed E-state index contributed by atoms with van der Waals surface area (Å²) in [7, 11) is 0. The average molecular weight is 407 g/mol. The number of benzene rings is 2. The van der Waals surface area contributed by atoms with Crippen LogP contribution in [0.3, 0.4) is 0 Å². The molecular weight excluding hydrogens is 380 g/mol. The molecule has 0 aliphatic heterocycles. The fraction of sp³-hybridized carbons (Fsp3) is 0.348. The molecule has 5 nitrogen and oxygen atoms in total. The Morgan fingerprint density at radius 2 is 1.90 bits per heavy atom. The number of nitrogens with one attached hydrogen (secondary N) is 2. The summed E-state index contributed by atoms with van der Waals surface area (Å²) >= 11 is 5.36. The smallest absolute Gasteiger partial charge is 0.240 e. The molecule has 0 bridgehead atoms. The SMILES string of the molecule is Cc1ccc(-c2n[nH]c(=S)n2CC(=O)NC(C)c2ccc3c(c2)CCCC3)cc1. The van der Waals surface area contributed by atoms with Gasteiger partial charge < -0.3 is 5.32 Å². The third-order valence-electron chi connectivity index (χ3n) is 5.62. The molecule has 1 unspecified atom stereocenters. The van der Waals surface area contributed by atoms with Gasteiger partial charge in [0.25, 0.3) is 0 Å². The number of carbonyl (C=O) groups is 1. The zero-order valence-corrected chi connectivity index (χ0v) is 17.7. The van der Waals surface area contributed by atoms with E-state index in [9.17, 15) is 4.79 Å². The Kier molecular flexibility index (Phi) is 5.62. The van der Waals surface area contributed by atoms with E-state index in [4.69, 9.17) is 12.2 Å². The summed E-state index contributed by atoms with van der Waals surface area (Å²) in [5, 5.41) is 10.2. The van der Waals surface area contributed by atoms with E-state index in [2.05, 4.69) is 33.7 Å². The molecule has 0 fully saturated rings. The molecule has 150 valence electrons. The summed E-state index contributed by atoms with van der Waals surface area (Å²) in [4.78, 5) is 12.8. The molecule has 1 aromatic heterocycles. The van der Waals surface area contributed by atoms with Crippen molar-refractivity contribution < 1.29 is 4.79 Å². The standard InChI is InChI=1S/C23H26N4OS/c1-15-7-9-18(10-8-15)22-25-26-23(29)27(22)14-21(28)24-16(2)19-12-11-17-5-3-4-6-20(17)13-19/h7-13,16H,3-6,14H2,1-2H3,(H,24,28)(H,26,29). The van der Waals surface area contributed by atoms with Crippen LogP contribution >= 0.6 is 12.2 Å². The normalized spacial score (nSPS) is 14.3. The summed E-state index contributed by atoms with van der Waals surface area (Å²) in [6.45, 7) is 4.20. The Balaban J connectivity index is 1.48. The first-order valence-corrected chi connectivity index (χ1v) is 10.6. The Bertz CT molecular complexity index is 1080. The van der Waals surface area contributed by atoms with Crippen LogP contribution < -0.4 is 5.32 Å². The van der Waals surface area contributed by atoms with Gasteiger partial charge >= 0.3 is 0 Å². The van der Waals surface area contributed by atoms with Crippen LogP contribution in [0.2, 0.25) is 0 Å². The molecule has 3 aromatic rings. The summed E-state index contributed by atoms with van der Waals surface area (Å²) in [5.41, 5.74) is 6.12. The number of aromatic nitrogens is 3. The first-order valence-electron chi connectivity index (χ1n) is 10.1. The number of aromatic amines is 1. The summed E-state index contributed by atoms with van der Waals surface area (Å²) < 4.78 is 2.19. The van der Waals surface area contributed by atoms with Gasteiger partial charge in [-0.2, -0.15) is 5.10 Å². The Labute approximate surface area is 176 Å². The number of amides is 1. The van der Waals surface area contributed by atoms with E-state index in [0.29, 0.717) is 10.6 Å². The van der Waals surface area contributed by atoms with Crippen molar-refractivity contribution in [3.63, 3.8) is 0 Å². The van der Waals surface area contributed by atoms with Crippen molar-refractivity contribution in [2.45, 2.75) is 52.1 Å². The third-order valence-corrected chi connectivity index (χ3v) is 5.93. The number of hydrogen-bond acceptors (Lipinski definition) is 3. The summed E-state index contributed by atoms with van der Waals surface area (Å²) in [6.07, 6.45) is 4.82. The van der Waals surface area contributed by atoms with Crippen molar-refractivity contribution in [3.8, 4) is 11.4 Å². The lowest BCUT2D eigenvalue weighted by Crippen LogP contribution is -2.30. The van der Waals surface area contributed by atoms with Gasteiger partial charge in [-0.25, -0.2) is 0 Å². The lowest BCUT2D eigenvalue weighted by atomic mass is 9.89. The largest absolute Gasteiger partial charge is 0.348 e. The van der Waals surface area contributed by atoms with Gasteiger partial charge in [-0.1, -0.05) is 48.0 Å². The van der Waals surface area contributed by atoms with Crippen LogP contribution in [0.15, 0.2) is 42.5 Å². The molecule has 0 radical (unpaired) electrons. The van der Waals surface area contributed by atoms with E-state index in [0.717, 1.165) is 24.0 Å². The molecule has 1 atom stereocenters. The molecule has 4 rings (SSSR count). The number of nitrogens with zero attached hydrogens (tertiary/aromatic N) is 2. The Hall–Kier alpha value is -2.73. The number of carbonyl (C=O) groups excluding carboxylic acids is 1. The second-order valence-corrected chi connectivity index (χ2v) is 8.22. The van der Waals surface area contributed by atoms with Crippen LogP contribution in [0.1, 0.15) is 48.1 Å². The molecule has 6 heteroatoms. The minimum atomic E-state index is -0.0823. The van der Waals surface area contributed by atoms with Gasteiger partial charge in [0.15, 0.2) is 10.6 Å². The first kappa shape index (κ1) is 19.6. The monoisotopic (exact) mass is 406 g/mol. The zero-order valence-electron chi connectivity index (χ0n) is 16.9. The molecule has 2 aromatic carbocycles. The summed E-state index contributed by atoms with van der Waals surface area (Å²) in [6, 6.07) is 14.6. The van der Waals surface area contributed by atoms with Crippen LogP contribution in [0.5, 0.6) is 0 Å². The molecule has 1 aliphatic carbocycles. The van der Waals surface area contributed by atoms with Crippen molar-refractivity contribution in [1.29, 1.82) is 0 Å². The van der Waals surface area contributed by atoms with Crippen molar-refractivity contribution in [2.75, 3.05) is 0 Å². The van der Waals surface area contributed by atoms with Crippen LogP contribution in [0.25, 0.3) is 11.4 Å². The third kappa shape index (κ3) is 4.32. The molecular formula is C23H26N4OS. The van der Waals surface area contributed by atoms with Crippen molar-refractivity contribution in [2.24, 2.45) is 0 Å². The fourth-order valence-electron chi connectivity index (χ4n) is 3.92. The fourth-order valence-corrected chi connectivity index (χ4v) is 4.12. The van der Waals surface area contributed by atoms with Gasteiger partial charge in [-0.15, -0.1) is 0 Å². The lowest BCUT2D eigenvalue weighted by Gasteiger charge is -2.20. The molecule has 0 spiro atoms. The predicted octanol–water partition coefficient (Wildman–Crippen LogP) is 4.67. The second kappa shape index (κ2) is 8.33.